The van der Waals surface area contributed by atoms with Crippen molar-refractivity contribution in [1.82, 2.24) is 10.3 Å². The molecule has 0 fully saturated rings. The fraction of sp³-hybridized carbons (Fsp3) is 0.385. The van der Waals surface area contributed by atoms with Crippen molar-refractivity contribution in [3.05, 3.63) is 27.9 Å². The van der Waals surface area contributed by atoms with Crippen LogP contribution in [0.25, 0.3) is 10.6 Å². The molecule has 2 rings (SSSR count). The van der Waals surface area contributed by atoms with Gasteiger partial charge in [-0.1, -0.05) is 0 Å². The lowest BCUT2D eigenvalue weighted by atomic mass is 10.2. The summed E-state index contributed by atoms with van der Waals surface area (Å²) in [7, 11) is 0. The topological polar surface area (TPSA) is 62.2 Å². The number of carbonyl (C=O) groups is 1. The summed E-state index contributed by atoms with van der Waals surface area (Å²) in [5, 5.41) is 18.8. The van der Waals surface area contributed by atoms with Crippen molar-refractivity contribution in [2.45, 2.75) is 25.9 Å². The number of aliphatic hydroxyl groups is 1. The molecule has 4 nitrogen and oxygen atoms in total. The van der Waals surface area contributed by atoms with Gasteiger partial charge in [0.25, 0.3) is 0 Å². The maximum atomic E-state index is 11.7. The van der Waals surface area contributed by atoms with E-state index in [1.165, 1.54) is 0 Å². The fourth-order valence-electron chi connectivity index (χ4n) is 1.55. The van der Waals surface area contributed by atoms with E-state index in [1.54, 1.807) is 29.6 Å². The molecule has 6 heteroatoms. The Balaban J connectivity index is 1.84. The number of thiophene rings is 1. The second-order valence-electron chi connectivity index (χ2n) is 4.32. The van der Waals surface area contributed by atoms with Gasteiger partial charge in [0.1, 0.15) is 5.01 Å². The molecule has 0 aliphatic carbocycles. The lowest BCUT2D eigenvalue weighted by Gasteiger charge is -2.05. The number of hydrogen-bond donors (Lipinski definition) is 2. The van der Waals surface area contributed by atoms with Gasteiger partial charge in [0.05, 0.1) is 18.2 Å². The molecule has 0 bridgehead atoms. The van der Waals surface area contributed by atoms with E-state index in [-0.39, 0.29) is 12.0 Å². The molecule has 1 unspecified atom stereocenters. The normalized spacial score (nSPS) is 12.3. The highest BCUT2D eigenvalue weighted by Crippen LogP contribution is 2.25. The van der Waals surface area contributed by atoms with E-state index in [4.69, 9.17) is 5.11 Å². The van der Waals surface area contributed by atoms with Gasteiger partial charge in [-0.15, -0.1) is 11.3 Å². The SMILES string of the molecule is CC(O)CCNC(=O)Cc1csc(-c2ccsc2)n1. The van der Waals surface area contributed by atoms with Crippen LogP contribution in [-0.4, -0.2) is 28.6 Å². The average molecular weight is 296 g/mol. The first kappa shape index (κ1) is 14.2. The molecule has 2 aromatic heterocycles. The second-order valence-corrected chi connectivity index (χ2v) is 5.96. The molecule has 0 aromatic carbocycles. The van der Waals surface area contributed by atoms with Gasteiger partial charge in [0.15, 0.2) is 0 Å². The number of nitrogens with zero attached hydrogens (tertiary/aromatic N) is 1. The maximum absolute atomic E-state index is 11.7. The van der Waals surface area contributed by atoms with Crippen LogP contribution in [0.4, 0.5) is 0 Å². The van der Waals surface area contributed by atoms with Gasteiger partial charge in [0, 0.05) is 22.9 Å². The van der Waals surface area contributed by atoms with Crippen LogP contribution in [0.5, 0.6) is 0 Å². The lowest BCUT2D eigenvalue weighted by Crippen LogP contribution is -2.27. The molecule has 0 spiro atoms. The Labute approximate surface area is 120 Å². The minimum absolute atomic E-state index is 0.0529. The van der Waals surface area contributed by atoms with E-state index in [0.717, 1.165) is 16.3 Å². The molecule has 0 saturated carbocycles. The van der Waals surface area contributed by atoms with E-state index >= 15 is 0 Å². The van der Waals surface area contributed by atoms with Crippen LogP contribution in [0.15, 0.2) is 22.2 Å². The molecule has 2 N–H and O–H groups in total. The van der Waals surface area contributed by atoms with Crippen molar-refractivity contribution in [3.8, 4) is 10.6 Å². The first-order valence-corrected chi connectivity index (χ1v) is 7.89. The Morgan fingerprint density at radius 2 is 2.37 bits per heavy atom. The fourth-order valence-corrected chi connectivity index (χ4v) is 3.09. The van der Waals surface area contributed by atoms with Crippen molar-refractivity contribution in [2.24, 2.45) is 0 Å². The van der Waals surface area contributed by atoms with Crippen LogP contribution >= 0.6 is 22.7 Å². The summed E-state index contributed by atoms with van der Waals surface area (Å²) in [6.45, 7) is 2.21. The molecule has 2 aromatic rings. The highest BCUT2D eigenvalue weighted by Gasteiger charge is 2.09. The Morgan fingerprint density at radius 1 is 1.53 bits per heavy atom. The summed E-state index contributed by atoms with van der Waals surface area (Å²) in [5.74, 6) is -0.0529. The molecule has 0 radical (unpaired) electrons. The summed E-state index contributed by atoms with van der Waals surface area (Å²) in [6.07, 6.45) is 0.480. The first-order chi connectivity index (χ1) is 9.15. The third kappa shape index (κ3) is 4.41. The van der Waals surface area contributed by atoms with Gasteiger partial charge in [0.2, 0.25) is 5.91 Å². The Bertz CT molecular complexity index is 520. The predicted octanol–water partition coefficient (Wildman–Crippen LogP) is 2.30. The van der Waals surface area contributed by atoms with Crippen molar-refractivity contribution >= 4 is 28.6 Å². The highest BCUT2D eigenvalue weighted by molar-refractivity contribution is 7.14. The molecule has 102 valence electrons. The van der Waals surface area contributed by atoms with Gasteiger partial charge < -0.3 is 10.4 Å². The summed E-state index contributed by atoms with van der Waals surface area (Å²) in [4.78, 5) is 16.1. The number of aliphatic hydroxyl groups excluding tert-OH is 1. The van der Waals surface area contributed by atoms with Crippen LogP contribution in [0.1, 0.15) is 19.0 Å². The summed E-state index contributed by atoms with van der Waals surface area (Å²) in [5.41, 5.74) is 1.90. The first-order valence-electron chi connectivity index (χ1n) is 6.07. The number of rotatable bonds is 6. The number of aromatic nitrogens is 1. The van der Waals surface area contributed by atoms with Crippen LogP contribution in [0.2, 0.25) is 0 Å². The standard InChI is InChI=1S/C13H16N2O2S2/c1-9(16)2-4-14-12(17)6-11-8-19-13(15-11)10-3-5-18-7-10/h3,5,7-9,16H,2,4,6H2,1H3,(H,14,17). The number of nitrogens with one attached hydrogen (secondary N) is 1. The highest BCUT2D eigenvalue weighted by atomic mass is 32.1. The summed E-state index contributed by atoms with van der Waals surface area (Å²) >= 11 is 3.19. The molecule has 1 amide bonds. The largest absolute Gasteiger partial charge is 0.393 e. The van der Waals surface area contributed by atoms with Crippen LogP contribution < -0.4 is 5.32 Å². The Morgan fingerprint density at radius 3 is 3.05 bits per heavy atom. The van der Waals surface area contributed by atoms with E-state index in [0.29, 0.717) is 19.4 Å². The molecule has 19 heavy (non-hydrogen) atoms. The number of hydrogen-bond acceptors (Lipinski definition) is 5. The molecule has 2 heterocycles. The zero-order valence-corrected chi connectivity index (χ0v) is 12.3. The van der Waals surface area contributed by atoms with Crippen molar-refractivity contribution in [1.29, 1.82) is 0 Å². The van der Waals surface area contributed by atoms with Crippen LogP contribution in [-0.2, 0) is 11.2 Å². The third-order valence-electron chi connectivity index (χ3n) is 2.55. The van der Waals surface area contributed by atoms with Gasteiger partial charge in [-0.25, -0.2) is 4.98 Å². The summed E-state index contributed by atoms with van der Waals surface area (Å²) in [6, 6.07) is 2.02. The maximum Gasteiger partial charge on any atom is 0.226 e. The number of carbonyl (C=O) groups excluding carboxylic acids is 1. The molecule has 0 saturated heterocycles. The minimum atomic E-state index is -0.384. The quantitative estimate of drug-likeness (QED) is 0.860. The smallest absolute Gasteiger partial charge is 0.226 e. The molecule has 0 aliphatic rings. The van der Waals surface area contributed by atoms with Crippen LogP contribution in [0.3, 0.4) is 0 Å². The molecular formula is C13H16N2O2S2. The molecular weight excluding hydrogens is 280 g/mol. The number of amides is 1. The summed E-state index contributed by atoms with van der Waals surface area (Å²) < 4.78 is 0. The zero-order valence-electron chi connectivity index (χ0n) is 10.6. The lowest BCUT2D eigenvalue weighted by molar-refractivity contribution is -0.120. The van der Waals surface area contributed by atoms with Gasteiger partial charge in [-0.05, 0) is 24.8 Å². The van der Waals surface area contributed by atoms with Crippen molar-refractivity contribution < 1.29 is 9.90 Å². The second kappa shape index (κ2) is 6.79. The van der Waals surface area contributed by atoms with Gasteiger partial charge in [-0.2, -0.15) is 11.3 Å². The van der Waals surface area contributed by atoms with E-state index < -0.39 is 0 Å². The molecule has 1 atom stereocenters. The average Bonchev–Trinajstić information content (AvgIpc) is 2.97. The predicted molar refractivity (Wildman–Crippen MR) is 78.4 cm³/mol. The van der Waals surface area contributed by atoms with E-state index in [9.17, 15) is 4.79 Å². The third-order valence-corrected chi connectivity index (χ3v) is 4.17. The van der Waals surface area contributed by atoms with Crippen molar-refractivity contribution in [3.63, 3.8) is 0 Å². The molecule has 0 aliphatic heterocycles. The number of thiazole rings is 1. The van der Waals surface area contributed by atoms with Crippen molar-refractivity contribution in [2.75, 3.05) is 6.54 Å². The monoisotopic (exact) mass is 296 g/mol. The van der Waals surface area contributed by atoms with Gasteiger partial charge in [-0.3, -0.25) is 4.79 Å². The Hall–Kier alpha value is -1.24. The van der Waals surface area contributed by atoms with Gasteiger partial charge >= 0.3 is 0 Å². The van der Waals surface area contributed by atoms with E-state index in [2.05, 4.69) is 10.3 Å². The van der Waals surface area contributed by atoms with E-state index in [1.807, 2.05) is 22.2 Å². The Kier molecular flexibility index (Phi) is 5.07. The van der Waals surface area contributed by atoms with Crippen LogP contribution in [0, 0.1) is 0 Å². The zero-order chi connectivity index (χ0) is 13.7. The minimum Gasteiger partial charge on any atom is -0.393 e.